The number of nitrogens with zero attached hydrogens (tertiary/aromatic N) is 4. The molecule has 0 bridgehead atoms. The van der Waals surface area contributed by atoms with Gasteiger partial charge in [-0.15, -0.1) is 0 Å². The number of aromatic nitrogens is 2. The Bertz CT molecular complexity index is 560. The van der Waals surface area contributed by atoms with Crippen LogP contribution < -0.4 is 15.5 Å². The first-order valence-corrected chi connectivity index (χ1v) is 7.15. The highest BCUT2D eigenvalue weighted by Crippen LogP contribution is 2.22. The average molecular weight is 275 g/mol. The van der Waals surface area contributed by atoms with E-state index in [1.165, 1.54) is 17.2 Å². The Morgan fingerprint density at radius 3 is 2.53 bits per heavy atom. The van der Waals surface area contributed by atoms with Gasteiger partial charge in [-0.05, 0) is 25.1 Å². The Kier molecular flexibility index (Phi) is 3.25. The van der Waals surface area contributed by atoms with Gasteiger partial charge in [0.1, 0.15) is 5.82 Å². The zero-order valence-corrected chi connectivity index (χ0v) is 11.7. The molecule has 0 saturated carbocycles. The van der Waals surface area contributed by atoms with Crippen LogP contribution in [0.2, 0.25) is 0 Å². The minimum Gasteiger partial charge on any atom is -0.399 e. The highest BCUT2D eigenvalue weighted by atomic mass is 32.1. The van der Waals surface area contributed by atoms with E-state index in [1.807, 2.05) is 25.1 Å². The van der Waals surface area contributed by atoms with E-state index in [4.69, 9.17) is 5.73 Å². The number of nitrogen functional groups attached to an aromatic ring is 1. The molecule has 19 heavy (non-hydrogen) atoms. The highest BCUT2D eigenvalue weighted by molar-refractivity contribution is 7.09. The van der Waals surface area contributed by atoms with Crippen LogP contribution in [-0.2, 0) is 0 Å². The summed E-state index contributed by atoms with van der Waals surface area (Å²) in [6.45, 7) is 5.86. The predicted molar refractivity (Wildman–Crippen MR) is 79.9 cm³/mol. The summed E-state index contributed by atoms with van der Waals surface area (Å²) in [4.78, 5) is 9.10. The molecule has 1 aliphatic rings. The molecule has 2 heterocycles. The number of hydrogen-bond acceptors (Lipinski definition) is 6. The van der Waals surface area contributed by atoms with Gasteiger partial charge in [0.15, 0.2) is 0 Å². The molecule has 3 rings (SSSR count). The number of piperazine rings is 1. The minimum atomic E-state index is 0.819. The maximum absolute atomic E-state index is 5.83. The fourth-order valence-corrected chi connectivity index (χ4v) is 3.02. The Morgan fingerprint density at radius 1 is 1.16 bits per heavy atom. The van der Waals surface area contributed by atoms with Gasteiger partial charge in [0, 0.05) is 49.1 Å². The molecule has 1 saturated heterocycles. The van der Waals surface area contributed by atoms with E-state index in [-0.39, 0.29) is 0 Å². The van der Waals surface area contributed by atoms with Gasteiger partial charge in [0.25, 0.3) is 0 Å². The van der Waals surface area contributed by atoms with Gasteiger partial charge in [-0.25, -0.2) is 4.98 Å². The van der Waals surface area contributed by atoms with E-state index in [1.54, 1.807) is 0 Å². The van der Waals surface area contributed by atoms with Crippen LogP contribution in [0.5, 0.6) is 0 Å². The van der Waals surface area contributed by atoms with E-state index < -0.39 is 0 Å². The van der Waals surface area contributed by atoms with Crippen molar-refractivity contribution in [3.63, 3.8) is 0 Å². The second kappa shape index (κ2) is 5.05. The molecule has 1 aromatic carbocycles. The number of nitrogens with two attached hydrogens (primary N) is 1. The maximum atomic E-state index is 5.83. The van der Waals surface area contributed by atoms with Crippen molar-refractivity contribution in [3.8, 4) is 0 Å². The molecular formula is C13H17N5S. The number of hydrogen-bond donors (Lipinski definition) is 1. The normalized spacial score (nSPS) is 15.8. The molecule has 5 nitrogen and oxygen atoms in total. The monoisotopic (exact) mass is 275 g/mol. The lowest BCUT2D eigenvalue weighted by Gasteiger charge is -2.35. The number of aryl methyl sites for hydroxylation is 1. The van der Waals surface area contributed by atoms with Crippen molar-refractivity contribution >= 4 is 28.0 Å². The third-order valence-corrected chi connectivity index (χ3v) is 4.17. The zero-order chi connectivity index (χ0) is 13.2. The van der Waals surface area contributed by atoms with Crippen molar-refractivity contribution in [1.82, 2.24) is 9.36 Å². The molecule has 2 aromatic rings. The molecule has 1 fully saturated rings. The van der Waals surface area contributed by atoms with Crippen molar-refractivity contribution in [2.75, 3.05) is 41.7 Å². The summed E-state index contributed by atoms with van der Waals surface area (Å²) < 4.78 is 4.24. The summed E-state index contributed by atoms with van der Waals surface area (Å²) in [7, 11) is 0. The number of benzene rings is 1. The lowest BCUT2D eigenvalue weighted by Crippen LogP contribution is -2.46. The molecular weight excluding hydrogens is 258 g/mol. The zero-order valence-electron chi connectivity index (χ0n) is 10.9. The highest BCUT2D eigenvalue weighted by Gasteiger charge is 2.19. The minimum absolute atomic E-state index is 0.819. The Hall–Kier alpha value is -1.82. The Morgan fingerprint density at radius 2 is 1.89 bits per heavy atom. The van der Waals surface area contributed by atoms with Crippen LogP contribution in [0.1, 0.15) is 5.82 Å². The van der Waals surface area contributed by atoms with Crippen LogP contribution in [0.15, 0.2) is 24.3 Å². The standard InChI is InChI=1S/C13H17N5S/c1-10-15-13(19-16-10)18-7-5-17(6-8-18)12-4-2-3-11(14)9-12/h2-4,9H,5-8,14H2,1H3. The smallest absolute Gasteiger partial charge is 0.205 e. The van der Waals surface area contributed by atoms with E-state index in [0.29, 0.717) is 0 Å². The molecule has 1 aromatic heterocycles. The Balaban J connectivity index is 1.66. The second-order valence-electron chi connectivity index (χ2n) is 4.69. The van der Waals surface area contributed by atoms with Crippen molar-refractivity contribution in [3.05, 3.63) is 30.1 Å². The number of rotatable bonds is 2. The van der Waals surface area contributed by atoms with Crippen LogP contribution in [0.3, 0.4) is 0 Å². The molecule has 0 atom stereocenters. The maximum Gasteiger partial charge on any atom is 0.205 e. The van der Waals surface area contributed by atoms with Gasteiger partial charge in [-0.3, -0.25) is 0 Å². The van der Waals surface area contributed by atoms with Crippen LogP contribution in [0, 0.1) is 6.92 Å². The quantitative estimate of drug-likeness (QED) is 0.846. The van der Waals surface area contributed by atoms with E-state index in [9.17, 15) is 0 Å². The average Bonchev–Trinajstić information content (AvgIpc) is 2.86. The van der Waals surface area contributed by atoms with Crippen molar-refractivity contribution in [2.24, 2.45) is 0 Å². The summed E-state index contributed by atoms with van der Waals surface area (Å²) in [6, 6.07) is 8.07. The summed E-state index contributed by atoms with van der Waals surface area (Å²) in [5.74, 6) is 0.860. The molecule has 2 N–H and O–H groups in total. The molecule has 100 valence electrons. The summed E-state index contributed by atoms with van der Waals surface area (Å²) in [5.41, 5.74) is 7.85. The van der Waals surface area contributed by atoms with Crippen LogP contribution >= 0.6 is 11.5 Å². The first-order chi connectivity index (χ1) is 9.22. The molecule has 0 unspecified atom stereocenters. The predicted octanol–water partition coefficient (Wildman–Crippen LogP) is 1.76. The van der Waals surface area contributed by atoms with Gasteiger partial charge >= 0.3 is 0 Å². The van der Waals surface area contributed by atoms with Crippen LogP contribution in [0.4, 0.5) is 16.5 Å². The molecule has 1 aliphatic heterocycles. The molecule has 0 radical (unpaired) electrons. The van der Waals surface area contributed by atoms with Gasteiger partial charge < -0.3 is 15.5 Å². The molecule has 6 heteroatoms. The van der Waals surface area contributed by atoms with Gasteiger partial charge in [-0.1, -0.05) is 6.07 Å². The number of anilines is 3. The first kappa shape index (κ1) is 12.2. The molecule has 0 amide bonds. The summed E-state index contributed by atoms with van der Waals surface area (Å²) >= 11 is 1.48. The van der Waals surface area contributed by atoms with Crippen LogP contribution in [0.25, 0.3) is 0 Å². The van der Waals surface area contributed by atoms with Gasteiger partial charge in [0.05, 0.1) is 0 Å². The Labute approximate surface area is 116 Å². The topological polar surface area (TPSA) is 58.3 Å². The van der Waals surface area contributed by atoms with Gasteiger partial charge in [-0.2, -0.15) is 4.37 Å². The van der Waals surface area contributed by atoms with E-state index in [0.717, 1.165) is 42.8 Å². The lowest BCUT2D eigenvalue weighted by atomic mass is 10.2. The molecule has 0 aliphatic carbocycles. The van der Waals surface area contributed by atoms with E-state index in [2.05, 4.69) is 25.2 Å². The summed E-state index contributed by atoms with van der Waals surface area (Å²) in [5, 5.41) is 1.03. The van der Waals surface area contributed by atoms with Crippen molar-refractivity contribution in [1.29, 1.82) is 0 Å². The van der Waals surface area contributed by atoms with E-state index >= 15 is 0 Å². The largest absolute Gasteiger partial charge is 0.399 e. The summed E-state index contributed by atoms with van der Waals surface area (Å²) in [6.07, 6.45) is 0. The fraction of sp³-hybridized carbons (Fsp3) is 0.385. The lowest BCUT2D eigenvalue weighted by molar-refractivity contribution is 0.652. The van der Waals surface area contributed by atoms with Crippen molar-refractivity contribution < 1.29 is 0 Å². The third-order valence-electron chi connectivity index (χ3n) is 3.30. The van der Waals surface area contributed by atoms with Crippen LogP contribution in [-0.4, -0.2) is 35.5 Å². The molecule has 0 spiro atoms. The second-order valence-corrected chi connectivity index (χ2v) is 5.42. The van der Waals surface area contributed by atoms with Crippen molar-refractivity contribution in [2.45, 2.75) is 6.92 Å². The SMILES string of the molecule is Cc1nsc(N2CCN(c3cccc(N)c3)CC2)n1. The van der Waals surface area contributed by atoms with Gasteiger partial charge in [0.2, 0.25) is 5.13 Å². The first-order valence-electron chi connectivity index (χ1n) is 6.38. The third kappa shape index (κ3) is 2.63. The fourth-order valence-electron chi connectivity index (χ4n) is 2.29.